The van der Waals surface area contributed by atoms with Gasteiger partial charge in [-0.3, -0.25) is 0 Å². The van der Waals surface area contributed by atoms with Gasteiger partial charge in [-0.25, -0.2) is 4.98 Å². The van der Waals surface area contributed by atoms with Crippen molar-refractivity contribution in [1.29, 1.82) is 0 Å². The molecular weight excluding hydrogens is 290 g/mol. The summed E-state index contributed by atoms with van der Waals surface area (Å²) >= 11 is 3.56. The van der Waals surface area contributed by atoms with Gasteiger partial charge in [0.25, 0.3) is 0 Å². The molecule has 1 aromatic carbocycles. The van der Waals surface area contributed by atoms with Crippen LogP contribution in [-0.2, 0) is 7.05 Å². The third kappa shape index (κ3) is 1.92. The lowest BCUT2D eigenvalue weighted by Gasteiger charge is -2.37. The molecule has 0 bridgehead atoms. The lowest BCUT2D eigenvalue weighted by Crippen LogP contribution is -2.42. The van der Waals surface area contributed by atoms with Gasteiger partial charge in [0.15, 0.2) is 0 Å². The van der Waals surface area contributed by atoms with E-state index in [4.69, 9.17) is 4.98 Å². The molecule has 0 unspecified atom stereocenters. The minimum absolute atomic E-state index is 0.679. The van der Waals surface area contributed by atoms with Crippen molar-refractivity contribution in [3.8, 4) is 0 Å². The van der Waals surface area contributed by atoms with Crippen LogP contribution in [0.15, 0.2) is 24.3 Å². The zero-order chi connectivity index (χ0) is 12.5. The molecule has 0 aliphatic heterocycles. The molecule has 0 radical (unpaired) electrons. The summed E-state index contributed by atoms with van der Waals surface area (Å²) in [5.74, 6) is 1.11. The van der Waals surface area contributed by atoms with Crippen molar-refractivity contribution in [2.75, 3.05) is 16.8 Å². The average Bonchev–Trinajstić information content (AvgIpc) is 2.65. The summed E-state index contributed by atoms with van der Waals surface area (Å²) in [6, 6.07) is 9.03. The number of halogens is 1. The van der Waals surface area contributed by atoms with Gasteiger partial charge in [-0.05, 0) is 31.4 Å². The van der Waals surface area contributed by atoms with Gasteiger partial charge in [-0.15, -0.1) is 0 Å². The number of aryl methyl sites for hydroxylation is 1. The molecule has 1 heterocycles. The minimum Gasteiger partial charge on any atom is -0.338 e. The Morgan fingerprint density at radius 2 is 2.17 bits per heavy atom. The summed E-state index contributed by atoms with van der Waals surface area (Å²) in [5.41, 5.74) is 2.31. The largest absolute Gasteiger partial charge is 0.338 e. The number of imidazole rings is 1. The molecule has 1 aromatic heterocycles. The topological polar surface area (TPSA) is 21.1 Å². The fourth-order valence-electron chi connectivity index (χ4n) is 2.62. The van der Waals surface area contributed by atoms with Crippen molar-refractivity contribution in [3.05, 3.63) is 24.3 Å². The molecule has 0 N–H and O–H groups in total. The Morgan fingerprint density at radius 1 is 1.39 bits per heavy atom. The second-order valence-electron chi connectivity index (χ2n) is 4.93. The lowest BCUT2D eigenvalue weighted by atomic mass is 9.92. The maximum Gasteiger partial charge on any atom is 0.206 e. The number of hydrogen-bond acceptors (Lipinski definition) is 2. The monoisotopic (exact) mass is 307 g/mol. The van der Waals surface area contributed by atoms with Crippen molar-refractivity contribution in [1.82, 2.24) is 9.55 Å². The predicted octanol–water partition coefficient (Wildman–Crippen LogP) is 3.33. The predicted molar refractivity (Wildman–Crippen MR) is 79.5 cm³/mol. The number of alkyl halides is 1. The van der Waals surface area contributed by atoms with E-state index in [0.29, 0.717) is 6.04 Å². The smallest absolute Gasteiger partial charge is 0.206 e. The van der Waals surface area contributed by atoms with Crippen LogP contribution >= 0.6 is 15.9 Å². The van der Waals surface area contributed by atoms with E-state index < -0.39 is 0 Å². The van der Waals surface area contributed by atoms with E-state index in [-0.39, 0.29) is 0 Å². The Hall–Kier alpha value is -1.03. The third-order valence-electron chi connectivity index (χ3n) is 3.86. The number of benzene rings is 1. The van der Waals surface area contributed by atoms with E-state index in [1.165, 1.54) is 24.8 Å². The molecule has 1 fully saturated rings. The van der Waals surface area contributed by atoms with Gasteiger partial charge in [-0.2, -0.15) is 0 Å². The number of rotatable bonds is 4. The van der Waals surface area contributed by atoms with Crippen LogP contribution in [0.4, 0.5) is 5.95 Å². The normalized spacial score (nSPS) is 15.9. The Bertz CT molecular complexity index is 545. The van der Waals surface area contributed by atoms with Gasteiger partial charge in [0, 0.05) is 25.0 Å². The maximum atomic E-state index is 4.80. The first-order valence-corrected chi connectivity index (χ1v) is 7.67. The average molecular weight is 308 g/mol. The summed E-state index contributed by atoms with van der Waals surface area (Å²) in [5, 5.41) is 0.993. The fraction of sp³-hybridized carbons (Fsp3) is 0.500. The number of hydrogen-bond donors (Lipinski definition) is 0. The highest BCUT2D eigenvalue weighted by molar-refractivity contribution is 9.09. The Morgan fingerprint density at radius 3 is 2.78 bits per heavy atom. The number of nitrogens with zero attached hydrogens (tertiary/aromatic N) is 3. The van der Waals surface area contributed by atoms with Gasteiger partial charge in [0.2, 0.25) is 5.95 Å². The molecule has 18 heavy (non-hydrogen) atoms. The second-order valence-corrected chi connectivity index (χ2v) is 5.72. The maximum absolute atomic E-state index is 4.80. The van der Waals surface area contributed by atoms with Gasteiger partial charge < -0.3 is 9.47 Å². The van der Waals surface area contributed by atoms with E-state index in [1.807, 2.05) is 0 Å². The van der Waals surface area contributed by atoms with E-state index in [2.05, 4.69) is 56.7 Å². The van der Waals surface area contributed by atoms with Gasteiger partial charge >= 0.3 is 0 Å². The van der Waals surface area contributed by atoms with Crippen molar-refractivity contribution in [2.24, 2.45) is 7.05 Å². The highest BCUT2D eigenvalue weighted by Crippen LogP contribution is 2.30. The third-order valence-corrected chi connectivity index (χ3v) is 4.22. The Labute approximate surface area is 116 Å². The molecule has 0 saturated heterocycles. The van der Waals surface area contributed by atoms with Crippen LogP contribution in [0.3, 0.4) is 0 Å². The molecule has 4 heteroatoms. The van der Waals surface area contributed by atoms with Crippen LogP contribution in [0.2, 0.25) is 0 Å². The summed E-state index contributed by atoms with van der Waals surface area (Å²) in [6.45, 7) is 1.03. The number of para-hydroxylation sites is 2. The SMILES string of the molecule is Cn1c(N(CCBr)C2CCC2)nc2ccccc21. The van der Waals surface area contributed by atoms with Crippen LogP contribution in [0.1, 0.15) is 19.3 Å². The summed E-state index contributed by atoms with van der Waals surface area (Å²) in [7, 11) is 2.12. The van der Waals surface area contributed by atoms with Crippen LogP contribution in [0, 0.1) is 0 Å². The molecule has 1 aliphatic carbocycles. The van der Waals surface area contributed by atoms with Crippen LogP contribution < -0.4 is 4.90 Å². The zero-order valence-electron chi connectivity index (χ0n) is 10.6. The summed E-state index contributed by atoms with van der Waals surface area (Å²) in [6.07, 6.45) is 3.96. The molecule has 0 amide bonds. The first-order valence-electron chi connectivity index (χ1n) is 6.55. The molecule has 96 valence electrons. The second kappa shape index (κ2) is 4.92. The molecule has 3 rings (SSSR count). The number of aromatic nitrogens is 2. The van der Waals surface area contributed by atoms with E-state index >= 15 is 0 Å². The van der Waals surface area contributed by atoms with Gasteiger partial charge in [0.1, 0.15) is 0 Å². The Balaban J connectivity index is 2.02. The van der Waals surface area contributed by atoms with E-state index in [0.717, 1.165) is 23.3 Å². The summed E-state index contributed by atoms with van der Waals surface area (Å²) < 4.78 is 2.22. The summed E-state index contributed by atoms with van der Waals surface area (Å²) in [4.78, 5) is 7.26. The van der Waals surface area contributed by atoms with Gasteiger partial charge in [-0.1, -0.05) is 28.1 Å². The quantitative estimate of drug-likeness (QED) is 0.808. The van der Waals surface area contributed by atoms with Crippen molar-refractivity contribution in [3.63, 3.8) is 0 Å². The molecular formula is C14H18BrN3. The lowest BCUT2D eigenvalue weighted by molar-refractivity contribution is 0.385. The van der Waals surface area contributed by atoms with Crippen molar-refractivity contribution in [2.45, 2.75) is 25.3 Å². The van der Waals surface area contributed by atoms with Gasteiger partial charge in [0.05, 0.1) is 11.0 Å². The molecule has 1 saturated carbocycles. The molecule has 0 atom stereocenters. The van der Waals surface area contributed by atoms with Crippen LogP contribution in [0.25, 0.3) is 11.0 Å². The van der Waals surface area contributed by atoms with Crippen molar-refractivity contribution >= 4 is 32.9 Å². The number of fused-ring (bicyclic) bond motifs is 1. The van der Waals surface area contributed by atoms with Crippen LogP contribution in [0.5, 0.6) is 0 Å². The number of anilines is 1. The van der Waals surface area contributed by atoms with E-state index in [9.17, 15) is 0 Å². The van der Waals surface area contributed by atoms with E-state index in [1.54, 1.807) is 0 Å². The molecule has 1 aliphatic rings. The standard InChI is InChI=1S/C14H18BrN3/c1-17-13-8-3-2-7-12(13)16-14(17)18(10-9-15)11-5-4-6-11/h2-3,7-8,11H,4-6,9-10H2,1H3. The highest BCUT2D eigenvalue weighted by atomic mass is 79.9. The van der Waals surface area contributed by atoms with Crippen LogP contribution in [-0.4, -0.2) is 27.5 Å². The van der Waals surface area contributed by atoms with Crippen molar-refractivity contribution < 1.29 is 0 Å². The fourth-order valence-corrected chi connectivity index (χ4v) is 3.01. The zero-order valence-corrected chi connectivity index (χ0v) is 12.2. The minimum atomic E-state index is 0.679. The molecule has 2 aromatic rings. The highest BCUT2D eigenvalue weighted by Gasteiger charge is 2.27. The molecule has 3 nitrogen and oxygen atoms in total. The first-order chi connectivity index (χ1) is 8.81. The molecule has 0 spiro atoms. The first kappa shape index (κ1) is 12.0. The Kier molecular flexibility index (Phi) is 3.29.